The number of aryl methyl sites for hydroxylation is 1. The molecule has 24 heavy (non-hydrogen) atoms. The van der Waals surface area contributed by atoms with E-state index in [-0.39, 0.29) is 63.8 Å². The summed E-state index contributed by atoms with van der Waals surface area (Å²) in [6.07, 6.45) is 14.3. The third-order valence-electron chi connectivity index (χ3n) is 4.15. The standard InChI is InChI=1S/C20H32FOS.K/c21-20-14-12-19(13-15-20)11-9-7-5-3-1-2-4-6-8-10-17-23-18-16-22;/h12-15H,1-11,16-18H2;/q-1;+1. The van der Waals surface area contributed by atoms with Gasteiger partial charge in [-0.2, -0.15) is 11.8 Å². The van der Waals surface area contributed by atoms with Crippen molar-refractivity contribution in [3.63, 3.8) is 0 Å². The third-order valence-corrected chi connectivity index (χ3v) is 5.18. The Morgan fingerprint density at radius 3 is 1.75 bits per heavy atom. The number of hydrogen-bond donors (Lipinski definition) is 0. The summed E-state index contributed by atoms with van der Waals surface area (Å²) in [7, 11) is 0. The Morgan fingerprint density at radius 2 is 1.21 bits per heavy atom. The minimum atomic E-state index is -0.144. The molecule has 0 fully saturated rings. The molecule has 0 atom stereocenters. The maximum absolute atomic E-state index is 12.8. The smallest absolute Gasteiger partial charge is 0.854 e. The summed E-state index contributed by atoms with van der Waals surface area (Å²) in [4.78, 5) is 0. The largest absolute Gasteiger partial charge is 1.00 e. The first kappa shape index (κ1) is 25.1. The van der Waals surface area contributed by atoms with Crippen molar-refractivity contribution in [3.8, 4) is 0 Å². The maximum Gasteiger partial charge on any atom is 1.00 e. The summed E-state index contributed by atoms with van der Waals surface area (Å²) in [5.41, 5.74) is 1.25. The van der Waals surface area contributed by atoms with Gasteiger partial charge in [0, 0.05) is 0 Å². The van der Waals surface area contributed by atoms with Crippen LogP contribution in [0.1, 0.15) is 69.8 Å². The minimum Gasteiger partial charge on any atom is -0.854 e. The van der Waals surface area contributed by atoms with Crippen molar-refractivity contribution in [1.29, 1.82) is 0 Å². The van der Waals surface area contributed by atoms with Gasteiger partial charge in [0.15, 0.2) is 0 Å². The van der Waals surface area contributed by atoms with E-state index < -0.39 is 0 Å². The molecule has 0 aliphatic heterocycles. The van der Waals surface area contributed by atoms with E-state index in [9.17, 15) is 9.50 Å². The van der Waals surface area contributed by atoms with Crippen LogP contribution < -0.4 is 56.5 Å². The van der Waals surface area contributed by atoms with Crippen LogP contribution >= 0.6 is 11.8 Å². The number of unbranched alkanes of at least 4 members (excludes halogenated alkanes) is 9. The monoisotopic (exact) mass is 378 g/mol. The predicted molar refractivity (Wildman–Crippen MR) is 98.5 cm³/mol. The topological polar surface area (TPSA) is 23.1 Å². The van der Waals surface area contributed by atoms with Gasteiger partial charge in [-0.15, -0.1) is 6.61 Å². The van der Waals surface area contributed by atoms with Crippen LogP contribution in [0.2, 0.25) is 0 Å². The van der Waals surface area contributed by atoms with E-state index >= 15 is 0 Å². The number of benzene rings is 1. The fourth-order valence-electron chi connectivity index (χ4n) is 2.76. The van der Waals surface area contributed by atoms with Crippen LogP contribution in [0.4, 0.5) is 4.39 Å². The Bertz CT molecular complexity index is 372. The fourth-order valence-corrected chi connectivity index (χ4v) is 3.49. The van der Waals surface area contributed by atoms with Crippen molar-refractivity contribution in [2.24, 2.45) is 0 Å². The number of halogens is 1. The molecule has 132 valence electrons. The van der Waals surface area contributed by atoms with Crippen LogP contribution in [0.5, 0.6) is 0 Å². The van der Waals surface area contributed by atoms with Gasteiger partial charge in [-0.25, -0.2) is 4.39 Å². The van der Waals surface area contributed by atoms with E-state index in [1.165, 1.54) is 69.8 Å². The molecule has 0 spiro atoms. The molecule has 0 saturated carbocycles. The van der Waals surface area contributed by atoms with E-state index in [0.717, 1.165) is 17.9 Å². The summed E-state index contributed by atoms with van der Waals surface area (Å²) in [5, 5.41) is 10.3. The van der Waals surface area contributed by atoms with E-state index in [1.54, 1.807) is 23.9 Å². The molecule has 1 aromatic rings. The maximum atomic E-state index is 12.8. The van der Waals surface area contributed by atoms with Crippen molar-refractivity contribution in [1.82, 2.24) is 0 Å². The van der Waals surface area contributed by atoms with Gasteiger partial charge in [-0.3, -0.25) is 0 Å². The quantitative estimate of drug-likeness (QED) is 0.345. The van der Waals surface area contributed by atoms with E-state index in [2.05, 4.69) is 0 Å². The zero-order valence-corrected chi connectivity index (χ0v) is 19.3. The molecule has 0 radical (unpaired) electrons. The second-order valence-corrected chi connectivity index (χ2v) is 7.45. The summed E-state index contributed by atoms with van der Waals surface area (Å²) in [6, 6.07) is 6.90. The van der Waals surface area contributed by atoms with Crippen LogP contribution in [0.25, 0.3) is 0 Å². The molecular formula is C20H32FKOS. The first-order valence-electron chi connectivity index (χ1n) is 9.23. The van der Waals surface area contributed by atoms with Crippen molar-refractivity contribution in [3.05, 3.63) is 35.6 Å². The Kier molecular flexibility index (Phi) is 19.7. The summed E-state index contributed by atoms with van der Waals surface area (Å²) >= 11 is 1.80. The first-order valence-corrected chi connectivity index (χ1v) is 10.4. The van der Waals surface area contributed by atoms with Gasteiger partial charge >= 0.3 is 51.4 Å². The Labute approximate surface area is 195 Å². The molecule has 0 aliphatic rings. The SMILES string of the molecule is [K+].[O-]CCSCCCCCCCCCCCCc1ccc(F)cc1. The second kappa shape index (κ2) is 18.9. The Morgan fingerprint density at radius 1 is 0.708 bits per heavy atom. The molecule has 1 aromatic carbocycles. The molecule has 0 aromatic heterocycles. The van der Waals surface area contributed by atoms with Gasteiger partial charge in [-0.05, 0) is 48.5 Å². The molecular weight excluding hydrogens is 346 g/mol. The molecule has 0 amide bonds. The molecule has 0 N–H and O–H groups in total. The fraction of sp³-hybridized carbons (Fsp3) is 0.700. The normalized spacial score (nSPS) is 10.6. The summed E-state index contributed by atoms with van der Waals surface area (Å²) < 4.78 is 12.8. The van der Waals surface area contributed by atoms with Crippen molar-refractivity contribution in [2.45, 2.75) is 70.6 Å². The van der Waals surface area contributed by atoms with E-state index in [4.69, 9.17) is 0 Å². The molecule has 0 unspecified atom stereocenters. The Hall–Kier alpha value is 1.10. The first-order chi connectivity index (χ1) is 11.3. The van der Waals surface area contributed by atoms with Crippen LogP contribution in [0, 0.1) is 5.82 Å². The Balaban J connectivity index is 0.00000529. The van der Waals surface area contributed by atoms with Crippen molar-refractivity contribution < 1.29 is 60.9 Å². The second-order valence-electron chi connectivity index (χ2n) is 6.23. The minimum absolute atomic E-state index is 0. The third kappa shape index (κ3) is 15.4. The number of thioether (sulfide) groups is 1. The van der Waals surface area contributed by atoms with Crippen LogP contribution in [0.15, 0.2) is 24.3 Å². The average Bonchev–Trinajstić information content (AvgIpc) is 2.57. The molecule has 0 heterocycles. The van der Waals surface area contributed by atoms with Gasteiger partial charge in [0.05, 0.1) is 0 Å². The van der Waals surface area contributed by atoms with Crippen LogP contribution in [-0.2, 0) is 6.42 Å². The predicted octanol–water partition coefficient (Wildman–Crippen LogP) is 2.37. The zero-order chi connectivity index (χ0) is 16.6. The zero-order valence-electron chi connectivity index (χ0n) is 15.4. The molecule has 4 heteroatoms. The van der Waals surface area contributed by atoms with Crippen LogP contribution in [-0.4, -0.2) is 18.1 Å². The number of rotatable bonds is 15. The van der Waals surface area contributed by atoms with Gasteiger partial charge < -0.3 is 5.11 Å². The molecule has 1 nitrogen and oxygen atoms in total. The molecule has 0 saturated heterocycles. The van der Waals surface area contributed by atoms with Crippen molar-refractivity contribution in [2.75, 3.05) is 18.1 Å². The summed E-state index contributed by atoms with van der Waals surface area (Å²) in [6.45, 7) is 0.0641. The van der Waals surface area contributed by atoms with Gasteiger partial charge in [0.1, 0.15) is 5.82 Å². The number of hydrogen-bond acceptors (Lipinski definition) is 2. The van der Waals surface area contributed by atoms with Gasteiger partial charge in [0.25, 0.3) is 0 Å². The van der Waals surface area contributed by atoms with Crippen LogP contribution in [0.3, 0.4) is 0 Å². The van der Waals surface area contributed by atoms with Crippen molar-refractivity contribution >= 4 is 11.8 Å². The average molecular weight is 379 g/mol. The molecule has 0 aliphatic carbocycles. The van der Waals surface area contributed by atoms with Gasteiger partial charge in [0.2, 0.25) is 0 Å². The van der Waals surface area contributed by atoms with E-state index in [0.29, 0.717) is 0 Å². The van der Waals surface area contributed by atoms with Gasteiger partial charge in [-0.1, -0.05) is 63.5 Å². The molecule has 0 bridgehead atoms. The van der Waals surface area contributed by atoms with E-state index in [1.807, 2.05) is 12.1 Å². The molecule has 1 rings (SSSR count). The summed E-state index contributed by atoms with van der Waals surface area (Å²) in [5.74, 6) is 1.80.